The maximum atomic E-state index is 5.07. The van der Waals surface area contributed by atoms with E-state index < -0.39 is 0 Å². The van der Waals surface area contributed by atoms with Crippen molar-refractivity contribution in [3.05, 3.63) is 6.20 Å². The van der Waals surface area contributed by atoms with E-state index in [1.807, 2.05) is 0 Å². The van der Waals surface area contributed by atoms with Crippen molar-refractivity contribution in [2.24, 2.45) is 0 Å². The topological polar surface area (TPSA) is 67.6 Å². The summed E-state index contributed by atoms with van der Waals surface area (Å²) in [5.41, 5.74) is 5.07. The Bertz CT molecular complexity index is 113. The first-order chi connectivity index (χ1) is 2.89. The standard InChI is InChI=1S/C2H4N4.Ca/c3-2-1-4-6-5-2;/h1H,(H3,3,4,5,6);. The van der Waals surface area contributed by atoms with Crippen LogP contribution in [-0.4, -0.2) is 53.1 Å². The Kier molecular flexibility index (Phi) is 3.33. The first-order valence-corrected chi connectivity index (χ1v) is 1.51. The molecule has 0 amide bonds. The molecule has 0 bridgehead atoms. The minimum Gasteiger partial charge on any atom is -0.381 e. The minimum atomic E-state index is 0. The van der Waals surface area contributed by atoms with Gasteiger partial charge in [-0.1, -0.05) is 0 Å². The molecule has 0 saturated carbocycles. The quantitative estimate of drug-likeness (QED) is 0.436. The molecule has 0 aliphatic rings. The van der Waals surface area contributed by atoms with Crippen molar-refractivity contribution in [2.45, 2.75) is 0 Å². The van der Waals surface area contributed by atoms with Crippen molar-refractivity contribution in [3.63, 3.8) is 0 Å². The molecule has 2 radical (unpaired) electrons. The summed E-state index contributed by atoms with van der Waals surface area (Å²) in [5.74, 6) is 0.426. The molecule has 7 heavy (non-hydrogen) atoms. The third kappa shape index (κ3) is 2.11. The maximum Gasteiger partial charge on any atom is 0.165 e. The summed E-state index contributed by atoms with van der Waals surface area (Å²) in [6.07, 6.45) is 1.44. The van der Waals surface area contributed by atoms with Gasteiger partial charge >= 0.3 is 0 Å². The average Bonchev–Trinajstić information content (AvgIpc) is 1.86. The fraction of sp³-hybridized carbons (Fsp3) is 0. The van der Waals surface area contributed by atoms with Crippen LogP contribution < -0.4 is 5.73 Å². The van der Waals surface area contributed by atoms with Gasteiger partial charge in [-0.05, 0) is 0 Å². The van der Waals surface area contributed by atoms with Gasteiger partial charge in [0.2, 0.25) is 0 Å². The number of hydrogen-bond acceptors (Lipinski definition) is 3. The molecule has 1 rings (SSSR count). The van der Waals surface area contributed by atoms with E-state index in [0.717, 1.165) is 0 Å². The van der Waals surface area contributed by atoms with Crippen LogP contribution in [0.15, 0.2) is 6.20 Å². The van der Waals surface area contributed by atoms with Gasteiger partial charge in [-0.25, -0.2) is 0 Å². The molecule has 0 atom stereocenters. The summed E-state index contributed by atoms with van der Waals surface area (Å²) in [6.45, 7) is 0. The van der Waals surface area contributed by atoms with Gasteiger partial charge in [-0.15, -0.1) is 5.10 Å². The van der Waals surface area contributed by atoms with Crippen LogP contribution in [0.2, 0.25) is 0 Å². The smallest absolute Gasteiger partial charge is 0.165 e. The summed E-state index contributed by atoms with van der Waals surface area (Å²) in [6, 6.07) is 0. The summed E-state index contributed by atoms with van der Waals surface area (Å²) < 4.78 is 0. The van der Waals surface area contributed by atoms with Gasteiger partial charge in [0.1, 0.15) is 0 Å². The van der Waals surface area contributed by atoms with Gasteiger partial charge in [0.25, 0.3) is 0 Å². The van der Waals surface area contributed by atoms with Crippen LogP contribution in [0.4, 0.5) is 5.82 Å². The van der Waals surface area contributed by atoms with E-state index >= 15 is 0 Å². The number of anilines is 1. The minimum absolute atomic E-state index is 0. The zero-order chi connectivity index (χ0) is 4.41. The molecule has 34 valence electrons. The van der Waals surface area contributed by atoms with Crippen molar-refractivity contribution in [3.8, 4) is 0 Å². The van der Waals surface area contributed by atoms with E-state index in [4.69, 9.17) is 5.73 Å². The Morgan fingerprint density at radius 2 is 2.43 bits per heavy atom. The molecule has 1 aromatic heterocycles. The van der Waals surface area contributed by atoms with Crippen LogP contribution >= 0.6 is 0 Å². The molecular weight excluding hydrogens is 120 g/mol. The Morgan fingerprint density at radius 1 is 1.71 bits per heavy atom. The zero-order valence-electron chi connectivity index (χ0n) is 3.76. The second-order valence-electron chi connectivity index (χ2n) is 0.895. The van der Waals surface area contributed by atoms with Crippen molar-refractivity contribution in [1.82, 2.24) is 15.4 Å². The molecule has 0 aliphatic carbocycles. The van der Waals surface area contributed by atoms with Crippen molar-refractivity contribution >= 4 is 43.6 Å². The van der Waals surface area contributed by atoms with Crippen LogP contribution in [0.3, 0.4) is 0 Å². The van der Waals surface area contributed by atoms with E-state index in [0.29, 0.717) is 5.82 Å². The summed E-state index contributed by atoms with van der Waals surface area (Å²) in [5, 5.41) is 9.22. The molecule has 0 aromatic carbocycles. The molecule has 0 unspecified atom stereocenters. The monoisotopic (exact) mass is 124 g/mol. The Hall–Kier alpha value is 0.200. The second-order valence-corrected chi connectivity index (χ2v) is 0.895. The van der Waals surface area contributed by atoms with E-state index in [1.54, 1.807) is 0 Å². The Balaban J connectivity index is 0.000000360. The average molecular weight is 124 g/mol. The summed E-state index contributed by atoms with van der Waals surface area (Å²) in [4.78, 5) is 0. The molecule has 4 nitrogen and oxygen atoms in total. The molecule has 1 aromatic rings. The van der Waals surface area contributed by atoms with E-state index in [1.165, 1.54) is 6.20 Å². The number of nitrogens with one attached hydrogen (secondary N) is 1. The first kappa shape index (κ1) is 7.20. The molecule has 1 heterocycles. The normalized spacial score (nSPS) is 7.43. The summed E-state index contributed by atoms with van der Waals surface area (Å²) in [7, 11) is 0. The molecule has 3 N–H and O–H groups in total. The van der Waals surface area contributed by atoms with Gasteiger partial charge < -0.3 is 5.73 Å². The van der Waals surface area contributed by atoms with E-state index in [2.05, 4.69) is 15.4 Å². The van der Waals surface area contributed by atoms with Crippen LogP contribution in [0.25, 0.3) is 0 Å². The van der Waals surface area contributed by atoms with Gasteiger partial charge in [-0.2, -0.15) is 10.3 Å². The molecular formula is C2H4CaN4. The van der Waals surface area contributed by atoms with Crippen LogP contribution in [0.1, 0.15) is 0 Å². The number of aromatic amines is 1. The van der Waals surface area contributed by atoms with Crippen LogP contribution in [0.5, 0.6) is 0 Å². The van der Waals surface area contributed by atoms with Gasteiger partial charge in [0.05, 0.1) is 6.20 Å². The second kappa shape index (κ2) is 3.23. The molecule has 0 aliphatic heterocycles. The molecule has 0 spiro atoms. The van der Waals surface area contributed by atoms with Crippen molar-refractivity contribution < 1.29 is 0 Å². The molecule has 5 heteroatoms. The van der Waals surface area contributed by atoms with Crippen LogP contribution in [0, 0.1) is 0 Å². The fourth-order valence-electron chi connectivity index (χ4n) is 0.210. The zero-order valence-corrected chi connectivity index (χ0v) is 5.96. The molecule has 0 saturated heterocycles. The predicted molar refractivity (Wildman–Crippen MR) is 26.5 cm³/mol. The summed E-state index contributed by atoms with van der Waals surface area (Å²) >= 11 is 0. The molecule has 0 fully saturated rings. The van der Waals surface area contributed by atoms with E-state index in [9.17, 15) is 0 Å². The first-order valence-electron chi connectivity index (χ1n) is 1.51. The number of nitrogen functional groups attached to an aromatic ring is 1. The van der Waals surface area contributed by atoms with Crippen molar-refractivity contribution in [2.75, 3.05) is 5.73 Å². The number of rotatable bonds is 0. The van der Waals surface area contributed by atoms with Gasteiger partial charge in [0.15, 0.2) is 5.82 Å². The number of nitrogens with two attached hydrogens (primary N) is 1. The van der Waals surface area contributed by atoms with Gasteiger partial charge in [-0.3, -0.25) is 0 Å². The van der Waals surface area contributed by atoms with Crippen molar-refractivity contribution in [1.29, 1.82) is 0 Å². The third-order valence-corrected chi connectivity index (χ3v) is 0.434. The van der Waals surface area contributed by atoms with Crippen LogP contribution in [-0.2, 0) is 0 Å². The Morgan fingerprint density at radius 3 is 2.57 bits per heavy atom. The predicted octanol–water partition coefficient (Wildman–Crippen LogP) is -0.994. The SMILES string of the molecule is Nc1cn[nH]n1.[Ca]. The third-order valence-electron chi connectivity index (χ3n) is 0.434. The van der Waals surface area contributed by atoms with Gasteiger partial charge in [0, 0.05) is 37.7 Å². The number of aromatic nitrogens is 3. The number of nitrogens with zero attached hydrogens (tertiary/aromatic N) is 2. The largest absolute Gasteiger partial charge is 0.381 e. The van der Waals surface area contributed by atoms with E-state index in [-0.39, 0.29) is 37.7 Å². The number of H-pyrrole nitrogens is 1. The fourth-order valence-corrected chi connectivity index (χ4v) is 0.210. The maximum absolute atomic E-state index is 5.07. The Labute approximate surface area is 70.5 Å². The number of hydrogen-bond donors (Lipinski definition) is 2.